The Morgan fingerprint density at radius 2 is 1.76 bits per heavy atom. The van der Waals surface area contributed by atoms with E-state index in [4.69, 9.17) is 19.0 Å². The van der Waals surface area contributed by atoms with E-state index in [-0.39, 0.29) is 39.2 Å². The molecule has 3 fully saturated rings. The van der Waals surface area contributed by atoms with E-state index in [0.29, 0.717) is 76.3 Å². The number of H-pyrrole nitrogens is 1. The molecule has 3 aromatic rings. The first-order valence-electron chi connectivity index (χ1n) is 17.4. The highest BCUT2D eigenvalue weighted by molar-refractivity contribution is 7.89. The van der Waals surface area contributed by atoms with Crippen molar-refractivity contribution in [3.63, 3.8) is 0 Å². The molecule has 2 atom stereocenters. The Labute approximate surface area is 298 Å². The maximum absolute atomic E-state index is 13.4. The number of methoxy groups -OCH3 is 1. The summed E-state index contributed by atoms with van der Waals surface area (Å²) in [6.07, 6.45) is 3.87. The Kier molecular flexibility index (Phi) is 11.4. The topological polar surface area (TPSA) is 207 Å². The van der Waals surface area contributed by atoms with E-state index >= 15 is 0 Å². The second kappa shape index (κ2) is 15.0. The van der Waals surface area contributed by atoms with E-state index in [1.54, 1.807) is 18.7 Å². The third-order valence-electron chi connectivity index (χ3n) is 10.9. The average molecular weight is 752 g/mol. The van der Waals surface area contributed by atoms with Gasteiger partial charge in [-0.1, -0.05) is 27.7 Å². The summed E-state index contributed by atoms with van der Waals surface area (Å²) in [5, 5.41) is 4.42. The Morgan fingerprint density at radius 1 is 1.06 bits per heavy atom. The molecule has 2 bridgehead atoms. The minimum absolute atomic E-state index is 0.0152. The van der Waals surface area contributed by atoms with Crippen molar-refractivity contribution in [2.75, 3.05) is 58.8 Å². The van der Waals surface area contributed by atoms with Crippen LogP contribution in [0.2, 0.25) is 0 Å². The number of aromatic amines is 1. The van der Waals surface area contributed by atoms with Gasteiger partial charge in [0.15, 0.2) is 5.52 Å². The van der Waals surface area contributed by atoms with Crippen molar-refractivity contribution in [3.8, 4) is 17.3 Å². The fourth-order valence-electron chi connectivity index (χ4n) is 7.75. The SMILES string of the molecule is CC1(C)C2CCC1(CS(=O)(=O)O)C(=O)C2.CCOc1ncc(S(=O)(=O)N2CCN(CC)CC2)cc1-c1nc2c(CC)n(CCOC)nc2c(=O)[nH]1. The fraction of sp³-hybridized carbons (Fsp3) is 0.667. The number of sulfonamides is 1. The lowest BCUT2D eigenvalue weighted by molar-refractivity contribution is -0.128. The first kappa shape index (κ1) is 38.9. The summed E-state index contributed by atoms with van der Waals surface area (Å²) in [6, 6.07) is 1.48. The Bertz CT molecular complexity index is 2040. The highest BCUT2D eigenvalue weighted by Crippen LogP contribution is 2.64. The maximum atomic E-state index is 13.4. The molecule has 0 radical (unpaired) electrons. The number of ketones is 1. The molecule has 16 nitrogen and oxygen atoms in total. The summed E-state index contributed by atoms with van der Waals surface area (Å²) in [7, 11) is -6.26. The summed E-state index contributed by atoms with van der Waals surface area (Å²) in [4.78, 5) is 38.8. The number of carbonyl (C=O) groups excluding carboxylic acids is 1. The lowest BCUT2D eigenvalue weighted by Crippen LogP contribution is -2.48. The number of aromatic nitrogens is 5. The minimum atomic E-state index is -4.08. The molecule has 3 aromatic heterocycles. The molecule has 2 N–H and O–H groups in total. The van der Waals surface area contributed by atoms with Crippen LogP contribution in [0.1, 0.15) is 59.6 Å². The third-order valence-corrected chi connectivity index (χ3v) is 13.6. The van der Waals surface area contributed by atoms with Crippen LogP contribution in [-0.2, 0) is 42.6 Å². The quantitative estimate of drug-likeness (QED) is 0.255. The van der Waals surface area contributed by atoms with Gasteiger partial charge in [0.25, 0.3) is 15.7 Å². The molecule has 3 aliphatic rings. The number of hydrogen-bond acceptors (Lipinski definition) is 12. The van der Waals surface area contributed by atoms with Crippen LogP contribution in [0.15, 0.2) is 22.0 Å². The second-order valence-corrected chi connectivity index (χ2v) is 17.2. The number of ether oxygens (including phenoxy) is 2. The van der Waals surface area contributed by atoms with Gasteiger partial charge in [0.2, 0.25) is 15.9 Å². The summed E-state index contributed by atoms with van der Waals surface area (Å²) < 4.78 is 71.9. The van der Waals surface area contributed by atoms with Crippen molar-refractivity contribution in [1.29, 1.82) is 0 Å². The number of nitrogens with zero attached hydrogens (tertiary/aromatic N) is 6. The van der Waals surface area contributed by atoms with Crippen LogP contribution in [0.4, 0.5) is 0 Å². The van der Waals surface area contributed by atoms with Gasteiger partial charge in [-0.15, -0.1) is 0 Å². The zero-order valence-corrected chi connectivity index (χ0v) is 31.8. The van der Waals surface area contributed by atoms with Crippen LogP contribution in [0.5, 0.6) is 5.88 Å². The summed E-state index contributed by atoms with van der Waals surface area (Å²) >= 11 is 0. The molecule has 1 saturated heterocycles. The molecular formula is C33H49N7O9S2. The van der Waals surface area contributed by atoms with Crippen LogP contribution in [0.25, 0.3) is 22.4 Å². The smallest absolute Gasteiger partial charge is 0.279 e. The molecule has 0 aromatic carbocycles. The molecule has 2 aliphatic carbocycles. The summed E-state index contributed by atoms with van der Waals surface area (Å²) in [5.74, 6) is 0.271. The monoisotopic (exact) mass is 751 g/mol. The lowest BCUT2D eigenvalue weighted by Gasteiger charge is -2.35. The maximum Gasteiger partial charge on any atom is 0.279 e. The van der Waals surface area contributed by atoms with Gasteiger partial charge in [-0.3, -0.25) is 18.8 Å². The Balaban J connectivity index is 0.000000279. The van der Waals surface area contributed by atoms with Crippen molar-refractivity contribution >= 4 is 37.0 Å². The normalized spacial score (nSPS) is 22.3. The Morgan fingerprint density at radius 3 is 2.31 bits per heavy atom. The zero-order valence-electron chi connectivity index (χ0n) is 30.1. The highest BCUT2D eigenvalue weighted by Gasteiger charge is 2.65. The number of hydrogen-bond donors (Lipinski definition) is 2. The van der Waals surface area contributed by atoms with Gasteiger partial charge in [0.05, 0.1) is 48.4 Å². The zero-order chi connectivity index (χ0) is 37.4. The minimum Gasteiger partial charge on any atom is -0.477 e. The predicted octanol–water partition coefficient (Wildman–Crippen LogP) is 2.38. The van der Waals surface area contributed by atoms with Crippen LogP contribution in [0.3, 0.4) is 0 Å². The van der Waals surface area contributed by atoms with E-state index < -0.39 is 36.9 Å². The fourth-order valence-corrected chi connectivity index (χ4v) is 10.4. The van der Waals surface area contributed by atoms with Crippen molar-refractivity contribution in [2.45, 2.75) is 71.7 Å². The summed E-state index contributed by atoms with van der Waals surface area (Å²) in [5.41, 5.74) is 0.223. The van der Waals surface area contributed by atoms with E-state index in [2.05, 4.69) is 26.9 Å². The second-order valence-electron chi connectivity index (χ2n) is 13.8. The molecule has 2 unspecified atom stereocenters. The molecule has 51 heavy (non-hydrogen) atoms. The van der Waals surface area contributed by atoms with Crippen LogP contribution >= 0.6 is 0 Å². The van der Waals surface area contributed by atoms with E-state index in [9.17, 15) is 26.4 Å². The lowest BCUT2D eigenvalue weighted by atomic mass is 9.70. The molecule has 18 heteroatoms. The van der Waals surface area contributed by atoms with Gasteiger partial charge in [-0.2, -0.15) is 17.8 Å². The number of fused-ring (bicyclic) bond motifs is 3. The molecule has 0 spiro atoms. The van der Waals surface area contributed by atoms with Gasteiger partial charge >= 0.3 is 0 Å². The van der Waals surface area contributed by atoms with Crippen molar-refractivity contribution in [3.05, 3.63) is 28.3 Å². The van der Waals surface area contributed by atoms with Crippen molar-refractivity contribution < 1.29 is 35.7 Å². The van der Waals surface area contributed by atoms with Gasteiger partial charge < -0.3 is 19.4 Å². The van der Waals surface area contributed by atoms with Gasteiger partial charge in [-0.25, -0.2) is 18.4 Å². The number of carbonyl (C=O) groups is 1. The van der Waals surface area contributed by atoms with Gasteiger partial charge in [0.1, 0.15) is 22.0 Å². The van der Waals surface area contributed by atoms with E-state index in [1.807, 2.05) is 20.8 Å². The number of nitrogens with one attached hydrogen (secondary N) is 1. The number of rotatable bonds is 12. The molecular weight excluding hydrogens is 703 g/mol. The van der Waals surface area contributed by atoms with Crippen molar-refractivity contribution in [2.24, 2.45) is 16.7 Å². The molecule has 282 valence electrons. The van der Waals surface area contributed by atoms with E-state index in [0.717, 1.165) is 18.7 Å². The number of likely N-dealkylation sites (N-methyl/N-ethyl adjacent to an activating group) is 1. The number of piperazine rings is 1. The van der Waals surface area contributed by atoms with Gasteiger partial charge in [0, 0.05) is 39.7 Å². The number of pyridine rings is 1. The largest absolute Gasteiger partial charge is 0.477 e. The van der Waals surface area contributed by atoms with Crippen LogP contribution < -0.4 is 10.3 Å². The van der Waals surface area contributed by atoms with E-state index in [1.165, 1.54) is 16.6 Å². The predicted molar refractivity (Wildman–Crippen MR) is 190 cm³/mol. The molecule has 6 rings (SSSR count). The number of aryl methyl sites for hydroxylation is 1. The molecule has 1 aliphatic heterocycles. The molecule has 2 saturated carbocycles. The first-order valence-corrected chi connectivity index (χ1v) is 20.4. The number of Topliss-reactive ketones (excluding diaryl/α,β-unsaturated/α-hetero) is 1. The molecule has 0 amide bonds. The standard InChI is InChI=1S/C23H33N7O5S.C10H16O4S/c1-5-18-19-20(27-30(18)12-13-34-4)22(31)26-21(25-19)17-14-16(15-24-23(17)35-7-3)36(32,33)29-10-8-28(6-2)9-11-29;1-9(2)7-3-4-10(9,8(11)5-7)6-15(12,13)14/h14-15H,5-13H2,1-4H3,(H,25,26,31);7H,3-6H2,1-2H3,(H,12,13,14). The van der Waals surface area contributed by atoms with Crippen molar-refractivity contribution in [1.82, 2.24) is 33.9 Å². The first-order chi connectivity index (χ1) is 24.0. The van der Waals surface area contributed by atoms with Gasteiger partial charge in [-0.05, 0) is 50.1 Å². The van der Waals surface area contributed by atoms with Crippen LogP contribution in [0, 0.1) is 16.7 Å². The van der Waals surface area contributed by atoms with Crippen LogP contribution in [-0.4, -0.2) is 120 Å². The third kappa shape index (κ3) is 7.48. The highest BCUT2D eigenvalue weighted by atomic mass is 32.2. The Hall–Kier alpha value is -3.29. The summed E-state index contributed by atoms with van der Waals surface area (Å²) in [6.45, 7) is 14.0. The molecule has 4 heterocycles. The average Bonchev–Trinajstić information content (AvgIpc) is 3.63.